The molecule has 2 aromatic heterocycles. The molecule has 96 valence electrons. The van der Waals surface area contributed by atoms with E-state index in [1.165, 1.54) is 6.20 Å². The number of hydrogen-bond donors (Lipinski definition) is 1. The van der Waals surface area contributed by atoms with Crippen LogP contribution in [-0.4, -0.2) is 25.8 Å². The van der Waals surface area contributed by atoms with Gasteiger partial charge in [0.15, 0.2) is 0 Å². The molecule has 2 rings (SSSR count). The molecule has 2 aromatic rings. The van der Waals surface area contributed by atoms with Crippen LogP contribution < -0.4 is 0 Å². The lowest BCUT2D eigenvalue weighted by Crippen LogP contribution is -2.05. The molecule has 1 N–H and O–H groups in total. The average molecular weight is 256 g/mol. The molecule has 19 heavy (non-hydrogen) atoms. The highest BCUT2D eigenvalue weighted by atomic mass is 16.4. The lowest BCUT2D eigenvalue weighted by atomic mass is 10.1. The summed E-state index contributed by atoms with van der Waals surface area (Å²) in [5.41, 5.74) is 3.03. The van der Waals surface area contributed by atoms with Gasteiger partial charge in [0.1, 0.15) is 11.8 Å². The molecule has 0 aliphatic carbocycles. The van der Waals surface area contributed by atoms with Crippen molar-refractivity contribution in [1.29, 1.82) is 5.26 Å². The van der Waals surface area contributed by atoms with Crippen molar-refractivity contribution in [3.05, 3.63) is 41.0 Å². The third-order valence-corrected chi connectivity index (χ3v) is 2.92. The minimum absolute atomic E-state index is 0.0835. The number of hydrogen-bond acceptors (Lipinski definition) is 4. The molecule has 0 atom stereocenters. The first-order chi connectivity index (χ1) is 9.04. The summed E-state index contributed by atoms with van der Waals surface area (Å²) in [6.07, 6.45) is 2.99. The summed E-state index contributed by atoms with van der Waals surface area (Å²) < 4.78 is 1.57. The van der Waals surface area contributed by atoms with E-state index in [-0.39, 0.29) is 6.42 Å². The van der Waals surface area contributed by atoms with Gasteiger partial charge in [-0.25, -0.2) is 4.68 Å². The number of carboxylic acids is 1. The standard InChI is InChI=1S/C13H12N4O2/c1-8-11(5-13(18)19)9(2)17(16-8)12-7-15-4-3-10(12)6-14/h3-4,7H,5H2,1-2H3,(H,18,19). The largest absolute Gasteiger partial charge is 0.481 e. The predicted octanol–water partition coefficient (Wildman–Crippen LogP) is 1.38. The molecule has 0 unspecified atom stereocenters. The van der Waals surface area contributed by atoms with Crippen molar-refractivity contribution in [2.45, 2.75) is 20.3 Å². The number of nitriles is 1. The summed E-state index contributed by atoms with van der Waals surface area (Å²) in [6, 6.07) is 3.67. The number of rotatable bonds is 3. The first-order valence-corrected chi connectivity index (χ1v) is 5.66. The average Bonchev–Trinajstić information content (AvgIpc) is 2.66. The van der Waals surface area contributed by atoms with Crippen molar-refractivity contribution >= 4 is 5.97 Å². The van der Waals surface area contributed by atoms with Crippen molar-refractivity contribution in [3.8, 4) is 11.8 Å². The van der Waals surface area contributed by atoms with Crippen molar-refractivity contribution in [1.82, 2.24) is 14.8 Å². The van der Waals surface area contributed by atoms with Gasteiger partial charge in [0.25, 0.3) is 0 Å². The zero-order valence-corrected chi connectivity index (χ0v) is 10.6. The maximum absolute atomic E-state index is 10.8. The van der Waals surface area contributed by atoms with E-state index in [9.17, 15) is 4.79 Å². The van der Waals surface area contributed by atoms with Crippen LogP contribution in [0.5, 0.6) is 0 Å². The molecule has 0 aromatic carbocycles. The molecule has 2 heterocycles. The van der Waals surface area contributed by atoms with E-state index < -0.39 is 5.97 Å². The van der Waals surface area contributed by atoms with Crippen LogP contribution in [0.25, 0.3) is 5.69 Å². The van der Waals surface area contributed by atoms with E-state index in [1.54, 1.807) is 30.8 Å². The van der Waals surface area contributed by atoms with Gasteiger partial charge >= 0.3 is 5.97 Å². The SMILES string of the molecule is Cc1nn(-c2cnccc2C#N)c(C)c1CC(=O)O. The van der Waals surface area contributed by atoms with Crippen LogP contribution in [-0.2, 0) is 11.2 Å². The fourth-order valence-corrected chi connectivity index (χ4v) is 1.97. The molecule has 0 radical (unpaired) electrons. The summed E-state index contributed by atoms with van der Waals surface area (Å²) in [6.45, 7) is 3.54. The molecule has 6 heteroatoms. The fraction of sp³-hybridized carbons (Fsp3) is 0.231. The van der Waals surface area contributed by atoms with Gasteiger partial charge in [0.2, 0.25) is 0 Å². The van der Waals surface area contributed by atoms with E-state index in [4.69, 9.17) is 10.4 Å². The van der Waals surface area contributed by atoms with Gasteiger partial charge in [-0.3, -0.25) is 9.78 Å². The number of pyridine rings is 1. The van der Waals surface area contributed by atoms with Gasteiger partial charge in [0.05, 0.1) is 23.9 Å². The fourth-order valence-electron chi connectivity index (χ4n) is 1.97. The normalized spacial score (nSPS) is 10.2. The molecule has 0 fully saturated rings. The molecule has 6 nitrogen and oxygen atoms in total. The van der Waals surface area contributed by atoms with Gasteiger partial charge in [0, 0.05) is 17.5 Å². The van der Waals surface area contributed by atoms with Crippen LogP contribution in [0, 0.1) is 25.2 Å². The summed E-state index contributed by atoms with van der Waals surface area (Å²) in [4.78, 5) is 14.8. The molecular weight excluding hydrogens is 244 g/mol. The van der Waals surface area contributed by atoms with E-state index >= 15 is 0 Å². The maximum atomic E-state index is 10.8. The molecule has 0 aliphatic rings. The van der Waals surface area contributed by atoms with Crippen molar-refractivity contribution < 1.29 is 9.90 Å². The number of nitrogens with zero attached hydrogens (tertiary/aromatic N) is 4. The Kier molecular flexibility index (Phi) is 3.29. The Balaban J connectivity index is 2.59. The highest BCUT2D eigenvalue weighted by Gasteiger charge is 2.17. The van der Waals surface area contributed by atoms with E-state index in [0.29, 0.717) is 28.2 Å². The minimum Gasteiger partial charge on any atom is -0.481 e. The van der Waals surface area contributed by atoms with E-state index in [2.05, 4.69) is 16.2 Å². The van der Waals surface area contributed by atoms with Crippen LogP contribution >= 0.6 is 0 Å². The van der Waals surface area contributed by atoms with E-state index in [0.717, 1.165) is 0 Å². The zero-order valence-electron chi connectivity index (χ0n) is 10.6. The van der Waals surface area contributed by atoms with Crippen LogP contribution in [0.15, 0.2) is 18.5 Å². The third kappa shape index (κ3) is 2.31. The van der Waals surface area contributed by atoms with Crippen LogP contribution in [0.4, 0.5) is 0 Å². The first-order valence-electron chi connectivity index (χ1n) is 5.66. The molecule has 0 spiro atoms. The monoisotopic (exact) mass is 256 g/mol. The summed E-state index contributed by atoms with van der Waals surface area (Å²) >= 11 is 0. The molecular formula is C13H12N4O2. The van der Waals surface area contributed by atoms with E-state index in [1.807, 2.05) is 0 Å². The Hall–Kier alpha value is -2.68. The molecule has 0 amide bonds. The summed E-state index contributed by atoms with van der Waals surface area (Å²) in [5.74, 6) is -0.905. The number of aryl methyl sites for hydroxylation is 1. The first kappa shape index (κ1) is 12.8. The number of carboxylic acid groups (broad SMARTS) is 1. The van der Waals surface area contributed by atoms with Crippen LogP contribution in [0.2, 0.25) is 0 Å². The highest BCUT2D eigenvalue weighted by Crippen LogP contribution is 2.20. The Bertz CT molecular complexity index is 682. The highest BCUT2D eigenvalue weighted by molar-refractivity contribution is 5.71. The Morgan fingerprint density at radius 1 is 1.53 bits per heavy atom. The van der Waals surface area contributed by atoms with Crippen molar-refractivity contribution in [3.63, 3.8) is 0 Å². The summed E-state index contributed by atoms with van der Waals surface area (Å²) in [7, 11) is 0. The number of carbonyl (C=O) groups is 1. The number of aliphatic carboxylic acids is 1. The van der Waals surface area contributed by atoms with Crippen molar-refractivity contribution in [2.24, 2.45) is 0 Å². The predicted molar refractivity (Wildman–Crippen MR) is 66.9 cm³/mol. The third-order valence-electron chi connectivity index (χ3n) is 2.92. The number of aromatic nitrogens is 3. The smallest absolute Gasteiger partial charge is 0.307 e. The Morgan fingerprint density at radius 3 is 2.89 bits per heavy atom. The lowest BCUT2D eigenvalue weighted by molar-refractivity contribution is -0.136. The van der Waals surface area contributed by atoms with Crippen molar-refractivity contribution in [2.75, 3.05) is 0 Å². The Morgan fingerprint density at radius 2 is 2.26 bits per heavy atom. The lowest BCUT2D eigenvalue weighted by Gasteiger charge is -2.05. The maximum Gasteiger partial charge on any atom is 0.307 e. The van der Waals surface area contributed by atoms with Gasteiger partial charge in [-0.1, -0.05) is 0 Å². The van der Waals surface area contributed by atoms with Crippen LogP contribution in [0.3, 0.4) is 0 Å². The van der Waals surface area contributed by atoms with Crippen LogP contribution in [0.1, 0.15) is 22.5 Å². The van der Waals surface area contributed by atoms with Gasteiger partial charge in [-0.05, 0) is 19.9 Å². The minimum atomic E-state index is -0.905. The second kappa shape index (κ2) is 4.90. The Labute approximate surface area is 109 Å². The second-order valence-corrected chi connectivity index (χ2v) is 4.14. The zero-order chi connectivity index (χ0) is 14.0. The summed E-state index contributed by atoms with van der Waals surface area (Å²) in [5, 5.41) is 22.3. The molecule has 0 aliphatic heterocycles. The molecule has 0 saturated heterocycles. The second-order valence-electron chi connectivity index (χ2n) is 4.14. The van der Waals surface area contributed by atoms with Gasteiger partial charge in [-0.2, -0.15) is 10.4 Å². The molecule has 0 bridgehead atoms. The van der Waals surface area contributed by atoms with Gasteiger partial charge in [-0.15, -0.1) is 0 Å². The quantitative estimate of drug-likeness (QED) is 0.895. The molecule has 0 saturated carbocycles. The topological polar surface area (TPSA) is 91.8 Å². The van der Waals surface area contributed by atoms with Gasteiger partial charge < -0.3 is 5.11 Å².